The molecule has 1 heterocycles. The van der Waals surface area contributed by atoms with Crippen molar-refractivity contribution in [3.8, 4) is 0 Å². The van der Waals surface area contributed by atoms with Crippen LogP contribution in [0.3, 0.4) is 0 Å². The summed E-state index contributed by atoms with van der Waals surface area (Å²) in [5.41, 5.74) is 0.896. The van der Waals surface area contributed by atoms with Gasteiger partial charge in [0.25, 0.3) is 5.91 Å². The van der Waals surface area contributed by atoms with E-state index in [0.29, 0.717) is 24.2 Å². The predicted octanol–water partition coefficient (Wildman–Crippen LogP) is 2.01. The topological polar surface area (TPSA) is 84.0 Å². The van der Waals surface area contributed by atoms with E-state index in [2.05, 4.69) is 0 Å². The van der Waals surface area contributed by atoms with Crippen LogP contribution in [0.15, 0.2) is 59.5 Å². The number of rotatable bonds is 5. The number of hydrogen-bond acceptors (Lipinski definition) is 5. The van der Waals surface area contributed by atoms with Crippen molar-refractivity contribution in [2.24, 2.45) is 0 Å². The molecule has 0 atom stereocenters. The lowest BCUT2D eigenvalue weighted by atomic mass is 10.2. The molecule has 0 unspecified atom stereocenters. The molecule has 1 amide bonds. The van der Waals surface area contributed by atoms with Crippen molar-refractivity contribution in [3.63, 3.8) is 0 Å². The van der Waals surface area contributed by atoms with Crippen molar-refractivity contribution in [2.45, 2.75) is 11.8 Å². The van der Waals surface area contributed by atoms with Gasteiger partial charge in [-0.15, -0.1) is 0 Å². The number of amides is 1. The van der Waals surface area contributed by atoms with Gasteiger partial charge in [-0.3, -0.25) is 4.79 Å². The first-order chi connectivity index (χ1) is 13.4. The molecule has 148 valence electrons. The Hall–Kier alpha value is -2.71. The smallest absolute Gasteiger partial charge is 0.338 e. The largest absolute Gasteiger partial charge is 0.462 e. The number of carbonyl (C=O) groups excluding carboxylic acids is 2. The van der Waals surface area contributed by atoms with E-state index in [0.717, 1.165) is 0 Å². The minimum Gasteiger partial charge on any atom is -0.462 e. The van der Waals surface area contributed by atoms with Gasteiger partial charge in [0, 0.05) is 31.7 Å². The summed E-state index contributed by atoms with van der Waals surface area (Å²) < 4.78 is 32.0. The molecule has 0 N–H and O–H groups in total. The van der Waals surface area contributed by atoms with Gasteiger partial charge in [0.05, 0.1) is 17.1 Å². The Kier molecular flexibility index (Phi) is 6.11. The Balaban J connectivity index is 1.66. The van der Waals surface area contributed by atoms with Gasteiger partial charge in [-0.25, -0.2) is 13.2 Å². The molecule has 0 spiro atoms. The van der Waals surface area contributed by atoms with Crippen LogP contribution < -0.4 is 0 Å². The molecule has 2 aromatic rings. The fraction of sp³-hybridized carbons (Fsp3) is 0.300. The van der Waals surface area contributed by atoms with Crippen LogP contribution in [0.25, 0.3) is 0 Å². The first-order valence-electron chi connectivity index (χ1n) is 9.05. The lowest BCUT2D eigenvalue weighted by Crippen LogP contribution is -2.50. The summed E-state index contributed by atoms with van der Waals surface area (Å²) in [7, 11) is -3.69. The highest BCUT2D eigenvalue weighted by atomic mass is 32.2. The number of nitrogens with zero attached hydrogens (tertiary/aromatic N) is 2. The molecule has 3 rings (SSSR count). The molecule has 7 nitrogen and oxygen atoms in total. The molecule has 0 aromatic heterocycles. The van der Waals surface area contributed by atoms with E-state index in [-0.39, 0.29) is 30.5 Å². The number of ether oxygens (including phenoxy) is 1. The third kappa shape index (κ3) is 4.23. The van der Waals surface area contributed by atoms with Crippen LogP contribution in [0.1, 0.15) is 27.6 Å². The second-order valence-electron chi connectivity index (χ2n) is 6.31. The molecule has 1 aliphatic heterocycles. The Labute approximate surface area is 164 Å². The zero-order valence-corrected chi connectivity index (χ0v) is 16.4. The zero-order chi connectivity index (χ0) is 20.1. The Morgan fingerprint density at radius 1 is 0.893 bits per heavy atom. The lowest BCUT2D eigenvalue weighted by Gasteiger charge is -2.34. The van der Waals surface area contributed by atoms with Crippen molar-refractivity contribution >= 4 is 21.9 Å². The summed E-state index contributed by atoms with van der Waals surface area (Å²) in [6.07, 6.45) is 0. The first-order valence-corrected chi connectivity index (χ1v) is 10.5. The summed E-state index contributed by atoms with van der Waals surface area (Å²) in [5.74, 6) is -0.587. The third-order valence-electron chi connectivity index (χ3n) is 4.55. The van der Waals surface area contributed by atoms with E-state index >= 15 is 0 Å². The van der Waals surface area contributed by atoms with Crippen molar-refractivity contribution < 1.29 is 22.7 Å². The van der Waals surface area contributed by atoms with E-state index in [9.17, 15) is 18.0 Å². The van der Waals surface area contributed by atoms with Crippen LogP contribution in [0.2, 0.25) is 0 Å². The summed E-state index contributed by atoms with van der Waals surface area (Å²) in [4.78, 5) is 26.0. The van der Waals surface area contributed by atoms with Crippen molar-refractivity contribution in [1.82, 2.24) is 9.21 Å². The van der Waals surface area contributed by atoms with Crippen LogP contribution in [0.5, 0.6) is 0 Å². The normalized spacial score (nSPS) is 15.2. The van der Waals surface area contributed by atoms with Gasteiger partial charge >= 0.3 is 5.97 Å². The Morgan fingerprint density at radius 3 is 2.07 bits per heavy atom. The van der Waals surface area contributed by atoms with E-state index in [1.54, 1.807) is 36.1 Å². The molecular weight excluding hydrogens is 380 g/mol. The average molecular weight is 402 g/mol. The van der Waals surface area contributed by atoms with Crippen molar-refractivity contribution in [2.75, 3.05) is 32.8 Å². The minimum absolute atomic E-state index is 0.101. The maximum absolute atomic E-state index is 12.8. The zero-order valence-electron chi connectivity index (χ0n) is 15.6. The molecule has 0 saturated carbocycles. The van der Waals surface area contributed by atoms with Gasteiger partial charge in [0.1, 0.15) is 0 Å². The van der Waals surface area contributed by atoms with E-state index < -0.39 is 16.0 Å². The highest BCUT2D eigenvalue weighted by Crippen LogP contribution is 2.19. The fourth-order valence-electron chi connectivity index (χ4n) is 3.02. The molecule has 1 fully saturated rings. The summed E-state index contributed by atoms with van der Waals surface area (Å²) in [6, 6.07) is 14.6. The van der Waals surface area contributed by atoms with Crippen LogP contribution in [0.4, 0.5) is 0 Å². The Bertz CT molecular complexity index is 934. The SMILES string of the molecule is CCOC(=O)c1ccc(S(=O)(=O)N2CCN(C(=O)c3ccccc3)CC2)cc1. The van der Waals surface area contributed by atoms with Gasteiger partial charge in [0.2, 0.25) is 10.0 Å². The van der Waals surface area contributed by atoms with Gasteiger partial charge in [-0.2, -0.15) is 4.31 Å². The number of benzene rings is 2. The number of hydrogen-bond donors (Lipinski definition) is 0. The second-order valence-corrected chi connectivity index (χ2v) is 8.25. The van der Waals surface area contributed by atoms with Gasteiger partial charge in [0.15, 0.2) is 0 Å². The highest BCUT2D eigenvalue weighted by Gasteiger charge is 2.30. The van der Waals surface area contributed by atoms with Crippen LogP contribution >= 0.6 is 0 Å². The van der Waals surface area contributed by atoms with Crippen LogP contribution in [-0.2, 0) is 14.8 Å². The maximum Gasteiger partial charge on any atom is 0.338 e. The molecule has 28 heavy (non-hydrogen) atoms. The number of esters is 1. The fourth-order valence-corrected chi connectivity index (χ4v) is 4.44. The molecule has 1 saturated heterocycles. The monoisotopic (exact) mass is 402 g/mol. The first kappa shape index (κ1) is 20.0. The molecule has 0 radical (unpaired) electrons. The molecule has 8 heteroatoms. The van der Waals surface area contributed by atoms with Crippen molar-refractivity contribution in [3.05, 3.63) is 65.7 Å². The molecular formula is C20H22N2O5S. The Morgan fingerprint density at radius 2 is 1.50 bits per heavy atom. The summed E-state index contributed by atoms with van der Waals surface area (Å²) in [5, 5.41) is 0. The quantitative estimate of drug-likeness (QED) is 0.715. The molecule has 0 bridgehead atoms. The van der Waals surface area contributed by atoms with Crippen molar-refractivity contribution in [1.29, 1.82) is 0 Å². The minimum atomic E-state index is -3.69. The predicted molar refractivity (Wildman–Crippen MR) is 104 cm³/mol. The highest BCUT2D eigenvalue weighted by molar-refractivity contribution is 7.89. The second kappa shape index (κ2) is 8.53. The van der Waals surface area contributed by atoms with Gasteiger partial charge in [-0.1, -0.05) is 18.2 Å². The van der Waals surface area contributed by atoms with E-state index in [1.165, 1.54) is 28.6 Å². The number of carbonyl (C=O) groups is 2. The molecule has 2 aromatic carbocycles. The molecule has 1 aliphatic rings. The van der Waals surface area contributed by atoms with E-state index in [1.807, 2.05) is 6.07 Å². The summed E-state index contributed by atoms with van der Waals surface area (Å²) >= 11 is 0. The average Bonchev–Trinajstić information content (AvgIpc) is 2.74. The van der Waals surface area contributed by atoms with Crippen LogP contribution in [-0.4, -0.2) is 62.3 Å². The number of sulfonamides is 1. The van der Waals surface area contributed by atoms with Crippen LogP contribution in [0, 0.1) is 0 Å². The number of piperazine rings is 1. The lowest BCUT2D eigenvalue weighted by molar-refractivity contribution is 0.0526. The standard InChI is InChI=1S/C20H22N2O5S/c1-2-27-20(24)17-8-10-18(11-9-17)28(25,26)22-14-12-21(13-15-22)19(23)16-6-4-3-5-7-16/h3-11H,2,12-15H2,1H3. The third-order valence-corrected chi connectivity index (χ3v) is 6.46. The molecule has 0 aliphatic carbocycles. The maximum atomic E-state index is 12.8. The van der Waals surface area contributed by atoms with Gasteiger partial charge < -0.3 is 9.64 Å². The summed E-state index contributed by atoms with van der Waals surface area (Å²) in [6.45, 7) is 3.06. The van der Waals surface area contributed by atoms with E-state index in [4.69, 9.17) is 4.74 Å². The van der Waals surface area contributed by atoms with Gasteiger partial charge in [-0.05, 0) is 43.3 Å².